The topological polar surface area (TPSA) is 74.6 Å². The number of nitrogens with one attached hydrogen (secondary N) is 2. The summed E-state index contributed by atoms with van der Waals surface area (Å²) in [6.07, 6.45) is 0. The van der Waals surface area contributed by atoms with E-state index >= 15 is 0 Å². The Morgan fingerprint density at radius 3 is 2.29 bits per heavy atom. The summed E-state index contributed by atoms with van der Waals surface area (Å²) in [4.78, 5) is 26.2. The molecule has 2 N–H and O–H groups in total. The van der Waals surface area contributed by atoms with Gasteiger partial charge in [0.2, 0.25) is 0 Å². The van der Waals surface area contributed by atoms with Crippen molar-refractivity contribution in [3.63, 3.8) is 0 Å². The van der Waals surface area contributed by atoms with E-state index in [0.717, 1.165) is 5.69 Å². The molecule has 0 aliphatic carbocycles. The molecule has 2 amide bonds. The fourth-order valence-corrected chi connectivity index (χ4v) is 2.94. The summed E-state index contributed by atoms with van der Waals surface area (Å²) in [5.74, 6) is -0.447. The Morgan fingerprint density at radius 1 is 1.00 bits per heavy atom. The van der Waals surface area contributed by atoms with E-state index in [2.05, 4.69) is 26.6 Å². The number of para-hydroxylation sites is 1. The quantitative estimate of drug-likeness (QED) is 0.566. The standard InChI is InChI=1S/C20H16BrN3O3S/c1-24(15-5-3-2-4-6-15)19(26)13-7-9-14(10-8-13)22-20(28)23-18(25)16-11-12-17(21)27-16/h2-12H,1H3,(H2,22,23,25,28). The molecule has 8 heteroatoms. The van der Waals surface area contributed by atoms with Crippen molar-refractivity contribution in [2.24, 2.45) is 0 Å². The Bertz CT molecular complexity index is 1000. The van der Waals surface area contributed by atoms with Gasteiger partial charge in [0.25, 0.3) is 11.8 Å². The van der Waals surface area contributed by atoms with Gasteiger partial charge in [-0.2, -0.15) is 0 Å². The van der Waals surface area contributed by atoms with E-state index in [1.165, 1.54) is 6.07 Å². The molecule has 3 rings (SSSR count). The van der Waals surface area contributed by atoms with E-state index in [0.29, 0.717) is 15.9 Å². The minimum Gasteiger partial charge on any atom is -0.444 e. The van der Waals surface area contributed by atoms with Crippen LogP contribution in [0.2, 0.25) is 0 Å². The van der Waals surface area contributed by atoms with Crippen LogP contribution in [0.1, 0.15) is 20.9 Å². The minimum absolute atomic E-state index is 0.123. The lowest BCUT2D eigenvalue weighted by Crippen LogP contribution is -2.33. The first-order chi connectivity index (χ1) is 13.4. The molecule has 0 fully saturated rings. The van der Waals surface area contributed by atoms with Crippen LogP contribution in [-0.2, 0) is 0 Å². The lowest BCUT2D eigenvalue weighted by atomic mass is 10.1. The van der Waals surface area contributed by atoms with Crippen molar-refractivity contribution in [1.29, 1.82) is 0 Å². The van der Waals surface area contributed by atoms with Crippen molar-refractivity contribution in [2.45, 2.75) is 0 Å². The number of hydrogen-bond donors (Lipinski definition) is 2. The number of halogens is 1. The fourth-order valence-electron chi connectivity index (χ4n) is 2.42. The predicted octanol–water partition coefficient (Wildman–Crippen LogP) is 4.45. The number of rotatable bonds is 4. The van der Waals surface area contributed by atoms with Crippen molar-refractivity contribution in [1.82, 2.24) is 5.32 Å². The molecule has 0 bridgehead atoms. The molecule has 6 nitrogen and oxygen atoms in total. The number of carbonyl (C=O) groups is 2. The summed E-state index contributed by atoms with van der Waals surface area (Å²) in [5.41, 5.74) is 1.99. The van der Waals surface area contributed by atoms with E-state index in [1.807, 2.05) is 30.3 Å². The van der Waals surface area contributed by atoms with Gasteiger partial charge in [0, 0.05) is 24.0 Å². The van der Waals surface area contributed by atoms with Gasteiger partial charge in [-0.15, -0.1) is 0 Å². The van der Waals surface area contributed by atoms with E-state index in [-0.39, 0.29) is 16.8 Å². The zero-order valence-corrected chi connectivity index (χ0v) is 17.2. The monoisotopic (exact) mass is 457 g/mol. The molecule has 0 aliphatic rings. The van der Waals surface area contributed by atoms with Crippen LogP contribution in [0.3, 0.4) is 0 Å². The Balaban J connectivity index is 1.60. The average molecular weight is 458 g/mol. The Morgan fingerprint density at radius 2 is 1.68 bits per heavy atom. The highest BCUT2D eigenvalue weighted by atomic mass is 79.9. The molecule has 0 unspecified atom stereocenters. The molecule has 0 spiro atoms. The van der Waals surface area contributed by atoms with Crippen molar-refractivity contribution >= 4 is 56.4 Å². The number of hydrogen-bond acceptors (Lipinski definition) is 4. The van der Waals surface area contributed by atoms with Crippen LogP contribution >= 0.6 is 28.1 Å². The smallest absolute Gasteiger partial charge is 0.293 e. The second-order valence-corrected chi connectivity index (χ2v) is 6.98. The molecule has 0 atom stereocenters. The van der Waals surface area contributed by atoms with Crippen LogP contribution in [0, 0.1) is 0 Å². The number of nitrogens with zero attached hydrogens (tertiary/aromatic N) is 1. The summed E-state index contributed by atoms with van der Waals surface area (Å²) < 4.78 is 5.63. The Kier molecular flexibility index (Phi) is 6.23. The number of benzene rings is 2. The first-order valence-electron chi connectivity index (χ1n) is 8.25. The minimum atomic E-state index is -0.459. The molecule has 3 aromatic rings. The molecular weight excluding hydrogens is 442 g/mol. The van der Waals surface area contributed by atoms with Crippen LogP contribution in [0.15, 0.2) is 75.8 Å². The zero-order valence-electron chi connectivity index (χ0n) is 14.8. The highest BCUT2D eigenvalue weighted by Crippen LogP contribution is 2.17. The van der Waals surface area contributed by atoms with Gasteiger partial charge in [0.1, 0.15) is 0 Å². The molecule has 0 saturated heterocycles. The van der Waals surface area contributed by atoms with E-state index < -0.39 is 5.91 Å². The second-order valence-electron chi connectivity index (χ2n) is 5.79. The lowest BCUT2D eigenvalue weighted by Gasteiger charge is -2.17. The number of anilines is 2. The number of amides is 2. The summed E-state index contributed by atoms with van der Waals surface area (Å²) >= 11 is 8.28. The van der Waals surface area contributed by atoms with Crippen molar-refractivity contribution in [3.05, 3.63) is 82.7 Å². The molecule has 0 radical (unpaired) electrons. The largest absolute Gasteiger partial charge is 0.444 e. The SMILES string of the molecule is CN(C(=O)c1ccc(NC(=S)NC(=O)c2ccc(Br)o2)cc1)c1ccccc1. The fraction of sp³-hybridized carbons (Fsp3) is 0.0500. The number of carbonyl (C=O) groups excluding carboxylic acids is 2. The molecule has 1 heterocycles. The van der Waals surface area contributed by atoms with Crippen LogP contribution in [0.25, 0.3) is 0 Å². The normalized spacial score (nSPS) is 10.2. The molecular formula is C20H16BrN3O3S. The van der Waals surface area contributed by atoms with Crippen molar-refractivity contribution < 1.29 is 14.0 Å². The third-order valence-corrected chi connectivity index (χ3v) is 4.49. The highest BCUT2D eigenvalue weighted by molar-refractivity contribution is 9.10. The Hall–Kier alpha value is -2.97. The summed E-state index contributed by atoms with van der Waals surface area (Å²) in [6, 6.07) is 19.4. The average Bonchev–Trinajstić information content (AvgIpc) is 3.14. The molecule has 0 saturated carbocycles. The van der Waals surface area contributed by atoms with Gasteiger partial charge in [-0.3, -0.25) is 14.9 Å². The van der Waals surface area contributed by atoms with Gasteiger partial charge in [-0.25, -0.2) is 0 Å². The molecule has 0 aliphatic heterocycles. The van der Waals surface area contributed by atoms with Gasteiger partial charge < -0.3 is 14.6 Å². The van der Waals surface area contributed by atoms with Gasteiger partial charge in [0.15, 0.2) is 15.5 Å². The van der Waals surface area contributed by atoms with Crippen LogP contribution in [0.4, 0.5) is 11.4 Å². The summed E-state index contributed by atoms with van der Waals surface area (Å²) in [6.45, 7) is 0. The first kappa shape index (κ1) is 19.8. The number of furan rings is 1. The van der Waals surface area contributed by atoms with Gasteiger partial charge in [-0.1, -0.05) is 18.2 Å². The molecule has 2 aromatic carbocycles. The maximum absolute atomic E-state index is 12.6. The van der Waals surface area contributed by atoms with Gasteiger partial charge in [-0.05, 0) is 76.7 Å². The van der Waals surface area contributed by atoms with Gasteiger partial charge >= 0.3 is 0 Å². The maximum Gasteiger partial charge on any atom is 0.293 e. The van der Waals surface area contributed by atoms with E-state index in [4.69, 9.17) is 16.6 Å². The third-order valence-electron chi connectivity index (χ3n) is 3.86. The van der Waals surface area contributed by atoms with Crippen LogP contribution in [0.5, 0.6) is 0 Å². The molecule has 142 valence electrons. The van der Waals surface area contributed by atoms with Gasteiger partial charge in [0.05, 0.1) is 0 Å². The summed E-state index contributed by atoms with van der Waals surface area (Å²) in [5, 5.41) is 5.55. The molecule has 1 aromatic heterocycles. The number of thiocarbonyl (C=S) groups is 1. The molecule has 28 heavy (non-hydrogen) atoms. The van der Waals surface area contributed by atoms with Crippen LogP contribution in [-0.4, -0.2) is 24.0 Å². The highest BCUT2D eigenvalue weighted by Gasteiger charge is 2.14. The second kappa shape index (κ2) is 8.81. The first-order valence-corrected chi connectivity index (χ1v) is 9.45. The Labute approximate surface area is 175 Å². The van der Waals surface area contributed by atoms with E-state index in [1.54, 1.807) is 42.3 Å². The van der Waals surface area contributed by atoms with Crippen LogP contribution < -0.4 is 15.5 Å². The third kappa shape index (κ3) is 4.85. The lowest BCUT2D eigenvalue weighted by molar-refractivity contribution is 0.0948. The van der Waals surface area contributed by atoms with E-state index in [9.17, 15) is 9.59 Å². The predicted molar refractivity (Wildman–Crippen MR) is 116 cm³/mol. The zero-order chi connectivity index (χ0) is 20.1. The summed E-state index contributed by atoms with van der Waals surface area (Å²) in [7, 11) is 1.72. The maximum atomic E-state index is 12.6. The van der Waals surface area contributed by atoms with Crippen molar-refractivity contribution in [3.8, 4) is 0 Å². The van der Waals surface area contributed by atoms with Crippen molar-refractivity contribution in [2.75, 3.05) is 17.3 Å².